The molecule has 0 heterocycles. The third kappa shape index (κ3) is 3.49. The van der Waals surface area contributed by atoms with Crippen LogP contribution in [0, 0.1) is 5.41 Å². The molecule has 0 unspecified atom stereocenters. The van der Waals surface area contributed by atoms with Crippen LogP contribution in [0.5, 0.6) is 0 Å². The Morgan fingerprint density at radius 2 is 2.00 bits per heavy atom. The highest BCUT2D eigenvalue weighted by molar-refractivity contribution is 9.10. The normalized spacial score (nSPS) is 12.6. The third-order valence-corrected chi connectivity index (χ3v) is 2.69. The summed E-state index contributed by atoms with van der Waals surface area (Å²) in [6.45, 7) is 5.68. The van der Waals surface area contributed by atoms with Crippen molar-refractivity contribution >= 4 is 28.0 Å². The van der Waals surface area contributed by atoms with Gasteiger partial charge in [-0.1, -0.05) is 48.8 Å². The van der Waals surface area contributed by atoms with Gasteiger partial charge in [0.25, 0.3) is 0 Å². The fourth-order valence-electron chi connectivity index (χ4n) is 1.36. The molecule has 1 aromatic rings. The van der Waals surface area contributed by atoms with Crippen molar-refractivity contribution in [3.63, 3.8) is 0 Å². The van der Waals surface area contributed by atoms with Gasteiger partial charge in [0.1, 0.15) is 0 Å². The first kappa shape index (κ1) is 13.0. The molecule has 0 saturated carbocycles. The summed E-state index contributed by atoms with van der Waals surface area (Å²) in [5, 5.41) is 9.16. The Balaban J connectivity index is 3.18. The Hall–Kier alpha value is -1.09. The highest BCUT2D eigenvalue weighted by atomic mass is 79.9. The van der Waals surface area contributed by atoms with Gasteiger partial charge in [0.2, 0.25) is 0 Å². The zero-order chi connectivity index (χ0) is 12.3. The summed E-state index contributed by atoms with van der Waals surface area (Å²) in [6.07, 6.45) is 1.72. The predicted molar refractivity (Wildman–Crippen MR) is 69.2 cm³/mol. The van der Waals surface area contributed by atoms with Crippen LogP contribution in [0.4, 0.5) is 0 Å². The van der Waals surface area contributed by atoms with Crippen molar-refractivity contribution in [2.75, 3.05) is 0 Å². The summed E-state index contributed by atoms with van der Waals surface area (Å²) in [4.78, 5) is 11.2. The van der Waals surface area contributed by atoms with E-state index in [1.807, 2.05) is 45.0 Å². The van der Waals surface area contributed by atoms with Crippen molar-refractivity contribution in [1.29, 1.82) is 0 Å². The zero-order valence-electron chi connectivity index (χ0n) is 9.62. The fraction of sp³-hybridized carbons (Fsp3) is 0.308. The molecular weight excluding hydrogens is 268 g/mol. The highest BCUT2D eigenvalue weighted by Gasteiger charge is 2.23. The molecule has 0 aliphatic heterocycles. The monoisotopic (exact) mass is 282 g/mol. The summed E-state index contributed by atoms with van der Waals surface area (Å²) in [5.74, 6) is -0.868. The topological polar surface area (TPSA) is 37.3 Å². The van der Waals surface area contributed by atoms with Gasteiger partial charge in [0.15, 0.2) is 0 Å². The first-order valence-electron chi connectivity index (χ1n) is 5.02. The van der Waals surface area contributed by atoms with Gasteiger partial charge in [-0.2, -0.15) is 0 Å². The van der Waals surface area contributed by atoms with E-state index < -0.39 is 5.97 Å². The molecule has 0 amide bonds. The summed E-state index contributed by atoms with van der Waals surface area (Å²) < 4.78 is 0.944. The van der Waals surface area contributed by atoms with E-state index in [0.29, 0.717) is 5.57 Å². The Bertz CT molecular complexity index is 428. The number of carboxylic acid groups (broad SMARTS) is 1. The smallest absolute Gasteiger partial charge is 0.332 e. The van der Waals surface area contributed by atoms with Crippen LogP contribution in [0.1, 0.15) is 26.3 Å². The largest absolute Gasteiger partial charge is 0.478 e. The standard InChI is InChI=1S/C13H15BrO2/c1-13(2,3)11(12(15)16)8-9-5-4-6-10(14)7-9/h4-8H,1-3H3,(H,15,16)/b11-8-. The molecule has 0 atom stereocenters. The van der Waals surface area contributed by atoms with Crippen LogP contribution >= 0.6 is 15.9 Å². The molecule has 1 N–H and O–H groups in total. The average molecular weight is 283 g/mol. The van der Waals surface area contributed by atoms with Crippen molar-refractivity contribution in [1.82, 2.24) is 0 Å². The van der Waals surface area contributed by atoms with Crippen LogP contribution < -0.4 is 0 Å². The molecule has 0 aliphatic carbocycles. The minimum Gasteiger partial charge on any atom is -0.478 e. The number of benzene rings is 1. The molecule has 0 saturated heterocycles. The second kappa shape index (κ2) is 4.83. The fourth-order valence-corrected chi connectivity index (χ4v) is 1.78. The number of hydrogen-bond donors (Lipinski definition) is 1. The molecule has 0 aliphatic rings. The van der Waals surface area contributed by atoms with Crippen LogP contribution in [0.3, 0.4) is 0 Å². The zero-order valence-corrected chi connectivity index (χ0v) is 11.2. The average Bonchev–Trinajstić information content (AvgIpc) is 2.12. The van der Waals surface area contributed by atoms with Crippen LogP contribution in [0.25, 0.3) is 6.08 Å². The van der Waals surface area contributed by atoms with E-state index >= 15 is 0 Å². The number of hydrogen-bond acceptors (Lipinski definition) is 1. The molecule has 2 nitrogen and oxygen atoms in total. The minimum absolute atomic E-state index is 0.367. The predicted octanol–water partition coefficient (Wildman–Crippen LogP) is 3.96. The maximum Gasteiger partial charge on any atom is 0.332 e. The van der Waals surface area contributed by atoms with E-state index in [4.69, 9.17) is 5.11 Å². The van der Waals surface area contributed by atoms with Crippen LogP contribution in [-0.2, 0) is 4.79 Å². The van der Waals surface area contributed by atoms with Gasteiger partial charge in [-0.15, -0.1) is 0 Å². The lowest BCUT2D eigenvalue weighted by Crippen LogP contribution is -2.17. The number of carbonyl (C=O) groups is 1. The van der Waals surface area contributed by atoms with Crippen molar-refractivity contribution < 1.29 is 9.90 Å². The molecule has 16 heavy (non-hydrogen) atoms. The molecule has 1 aromatic carbocycles. The Kier molecular flexibility index (Phi) is 3.92. The molecule has 1 rings (SSSR count). The van der Waals surface area contributed by atoms with Crippen molar-refractivity contribution in [3.05, 3.63) is 39.9 Å². The van der Waals surface area contributed by atoms with Gasteiger partial charge in [-0.3, -0.25) is 0 Å². The summed E-state index contributed by atoms with van der Waals surface area (Å²) in [7, 11) is 0. The lowest BCUT2D eigenvalue weighted by Gasteiger charge is -2.19. The van der Waals surface area contributed by atoms with Gasteiger partial charge in [0.05, 0.1) is 0 Å². The van der Waals surface area contributed by atoms with E-state index in [-0.39, 0.29) is 5.41 Å². The van der Waals surface area contributed by atoms with Crippen molar-refractivity contribution in [2.24, 2.45) is 5.41 Å². The van der Waals surface area contributed by atoms with E-state index in [0.717, 1.165) is 10.0 Å². The highest BCUT2D eigenvalue weighted by Crippen LogP contribution is 2.27. The Morgan fingerprint density at radius 1 is 1.38 bits per heavy atom. The lowest BCUT2D eigenvalue weighted by molar-refractivity contribution is -0.133. The van der Waals surface area contributed by atoms with Gasteiger partial charge < -0.3 is 5.11 Å². The molecule has 0 fully saturated rings. The van der Waals surface area contributed by atoms with E-state index in [1.165, 1.54) is 0 Å². The first-order chi connectivity index (χ1) is 7.30. The number of aliphatic carboxylic acids is 1. The number of halogens is 1. The second-order valence-electron chi connectivity index (χ2n) is 4.67. The summed E-state index contributed by atoms with van der Waals surface area (Å²) in [6, 6.07) is 7.58. The SMILES string of the molecule is CC(C)(C)/C(=C\c1cccc(Br)c1)C(=O)O. The number of rotatable bonds is 2. The van der Waals surface area contributed by atoms with E-state index in [1.54, 1.807) is 6.08 Å². The summed E-state index contributed by atoms with van der Waals surface area (Å²) >= 11 is 3.36. The summed E-state index contributed by atoms with van der Waals surface area (Å²) in [5.41, 5.74) is 0.932. The molecule has 0 bridgehead atoms. The third-order valence-electron chi connectivity index (χ3n) is 2.20. The minimum atomic E-state index is -0.868. The van der Waals surface area contributed by atoms with Crippen molar-refractivity contribution in [2.45, 2.75) is 20.8 Å². The molecular formula is C13H15BrO2. The lowest BCUT2D eigenvalue weighted by atomic mass is 9.85. The molecule has 0 radical (unpaired) electrons. The maximum atomic E-state index is 11.2. The van der Waals surface area contributed by atoms with Crippen LogP contribution in [-0.4, -0.2) is 11.1 Å². The molecule has 86 valence electrons. The van der Waals surface area contributed by atoms with Crippen LogP contribution in [0.15, 0.2) is 34.3 Å². The second-order valence-corrected chi connectivity index (χ2v) is 5.58. The van der Waals surface area contributed by atoms with Crippen molar-refractivity contribution in [3.8, 4) is 0 Å². The molecule has 0 spiro atoms. The Labute approximate surface area is 104 Å². The molecule has 0 aromatic heterocycles. The van der Waals surface area contributed by atoms with Gasteiger partial charge in [-0.05, 0) is 29.2 Å². The van der Waals surface area contributed by atoms with E-state index in [2.05, 4.69) is 15.9 Å². The van der Waals surface area contributed by atoms with E-state index in [9.17, 15) is 4.79 Å². The van der Waals surface area contributed by atoms with Gasteiger partial charge in [0, 0.05) is 10.0 Å². The first-order valence-corrected chi connectivity index (χ1v) is 5.81. The number of carboxylic acids is 1. The Morgan fingerprint density at radius 3 is 2.44 bits per heavy atom. The van der Waals surface area contributed by atoms with Crippen LogP contribution in [0.2, 0.25) is 0 Å². The maximum absolute atomic E-state index is 11.2. The molecule has 3 heteroatoms. The quantitative estimate of drug-likeness (QED) is 0.834. The van der Waals surface area contributed by atoms with Gasteiger partial charge >= 0.3 is 5.97 Å². The van der Waals surface area contributed by atoms with Gasteiger partial charge in [-0.25, -0.2) is 4.79 Å².